The average Bonchev–Trinajstić information content (AvgIpc) is 3.25. The Bertz CT molecular complexity index is 764. The molecule has 1 aliphatic heterocycles. The molecule has 150 valence electrons. The highest BCUT2D eigenvalue weighted by Gasteiger charge is 2.19. The van der Waals surface area contributed by atoms with E-state index in [1.54, 1.807) is 14.2 Å². The Morgan fingerprint density at radius 1 is 1.11 bits per heavy atom. The van der Waals surface area contributed by atoms with Gasteiger partial charge in [0.15, 0.2) is 16.6 Å². The Balaban J connectivity index is 1.76. The van der Waals surface area contributed by atoms with Gasteiger partial charge in [0.2, 0.25) is 0 Å². The van der Waals surface area contributed by atoms with E-state index in [4.69, 9.17) is 26.4 Å². The number of thiocarbonyl (C=S) groups is 1. The van der Waals surface area contributed by atoms with E-state index in [1.807, 2.05) is 36.4 Å². The Morgan fingerprint density at radius 2 is 1.93 bits per heavy atom. The van der Waals surface area contributed by atoms with Gasteiger partial charge in [0.25, 0.3) is 0 Å². The second-order valence-corrected chi connectivity index (χ2v) is 7.20. The SMILES string of the molecule is COc1cccc(CN(Cc2ccccc2)C(=S)NC[C@@H]2CCCO2)c1OC. The molecule has 28 heavy (non-hydrogen) atoms. The summed E-state index contributed by atoms with van der Waals surface area (Å²) in [6.07, 6.45) is 2.44. The monoisotopic (exact) mass is 400 g/mol. The first-order valence-electron chi connectivity index (χ1n) is 9.59. The third-order valence-electron chi connectivity index (χ3n) is 4.85. The van der Waals surface area contributed by atoms with Gasteiger partial charge in [-0.2, -0.15) is 0 Å². The van der Waals surface area contributed by atoms with Crippen LogP contribution >= 0.6 is 12.2 Å². The van der Waals surface area contributed by atoms with Crippen LogP contribution in [0.25, 0.3) is 0 Å². The quantitative estimate of drug-likeness (QED) is 0.681. The number of nitrogens with zero attached hydrogens (tertiary/aromatic N) is 1. The second-order valence-electron chi connectivity index (χ2n) is 6.82. The minimum atomic E-state index is 0.239. The van der Waals surface area contributed by atoms with Crippen LogP contribution in [-0.2, 0) is 17.8 Å². The van der Waals surface area contributed by atoms with E-state index in [1.165, 1.54) is 5.56 Å². The lowest BCUT2D eigenvalue weighted by Gasteiger charge is -2.28. The van der Waals surface area contributed by atoms with Crippen molar-refractivity contribution in [3.63, 3.8) is 0 Å². The standard InChI is InChI=1S/C22H28N2O3S/c1-25-20-12-6-10-18(21(20)26-2)16-24(15-17-8-4-3-5-9-17)22(28)23-14-19-11-7-13-27-19/h3-6,8-10,12,19H,7,11,13-16H2,1-2H3,(H,23,28)/t19-/m0/s1. The van der Waals surface area contributed by atoms with Crippen LogP contribution in [0.15, 0.2) is 48.5 Å². The predicted octanol–water partition coefficient (Wildman–Crippen LogP) is 3.76. The molecule has 1 heterocycles. The molecular weight excluding hydrogens is 372 g/mol. The molecule has 1 aliphatic rings. The van der Waals surface area contributed by atoms with Crippen LogP contribution in [0, 0.1) is 0 Å². The molecule has 6 heteroatoms. The van der Waals surface area contributed by atoms with Crippen molar-refractivity contribution in [3.05, 3.63) is 59.7 Å². The second kappa shape index (κ2) is 10.3. The molecule has 0 radical (unpaired) electrons. The van der Waals surface area contributed by atoms with Gasteiger partial charge in [0, 0.05) is 31.8 Å². The minimum Gasteiger partial charge on any atom is -0.493 e. The Labute approximate surface area is 172 Å². The highest BCUT2D eigenvalue weighted by atomic mass is 32.1. The molecule has 3 rings (SSSR count). The molecule has 0 saturated carbocycles. The van der Waals surface area contributed by atoms with Gasteiger partial charge in [-0.05, 0) is 36.7 Å². The lowest BCUT2D eigenvalue weighted by atomic mass is 10.1. The third kappa shape index (κ3) is 5.36. The fraction of sp³-hybridized carbons (Fsp3) is 0.409. The van der Waals surface area contributed by atoms with Crippen LogP contribution in [0.1, 0.15) is 24.0 Å². The summed E-state index contributed by atoms with van der Waals surface area (Å²) in [6, 6.07) is 16.2. The maximum atomic E-state index is 5.74. The number of methoxy groups -OCH3 is 2. The van der Waals surface area contributed by atoms with Crippen molar-refractivity contribution >= 4 is 17.3 Å². The third-order valence-corrected chi connectivity index (χ3v) is 5.26. The highest BCUT2D eigenvalue weighted by molar-refractivity contribution is 7.80. The smallest absolute Gasteiger partial charge is 0.169 e. The normalized spacial score (nSPS) is 15.9. The summed E-state index contributed by atoms with van der Waals surface area (Å²) >= 11 is 5.74. The summed E-state index contributed by atoms with van der Waals surface area (Å²) in [5, 5.41) is 4.10. The van der Waals surface area contributed by atoms with Gasteiger partial charge in [-0.1, -0.05) is 42.5 Å². The molecule has 2 aromatic rings. The first kappa shape index (κ1) is 20.4. The van der Waals surface area contributed by atoms with Gasteiger partial charge in [0.1, 0.15) is 0 Å². The first-order valence-corrected chi connectivity index (χ1v) is 10.00. The van der Waals surface area contributed by atoms with Gasteiger partial charge in [-0.3, -0.25) is 0 Å². The van der Waals surface area contributed by atoms with Crippen molar-refractivity contribution in [1.29, 1.82) is 0 Å². The summed E-state index contributed by atoms with van der Waals surface area (Å²) in [5.74, 6) is 1.46. The molecule has 5 nitrogen and oxygen atoms in total. The maximum absolute atomic E-state index is 5.74. The van der Waals surface area contributed by atoms with E-state index in [-0.39, 0.29) is 6.10 Å². The highest BCUT2D eigenvalue weighted by Crippen LogP contribution is 2.31. The summed E-state index contributed by atoms with van der Waals surface area (Å²) in [7, 11) is 3.31. The molecule has 0 spiro atoms. The fourth-order valence-corrected chi connectivity index (χ4v) is 3.62. The van der Waals surface area contributed by atoms with Crippen LogP contribution in [-0.4, -0.2) is 43.5 Å². The topological polar surface area (TPSA) is 43.0 Å². The van der Waals surface area contributed by atoms with Crippen molar-refractivity contribution in [1.82, 2.24) is 10.2 Å². The van der Waals surface area contributed by atoms with Gasteiger partial charge in [-0.25, -0.2) is 0 Å². The van der Waals surface area contributed by atoms with Crippen molar-refractivity contribution in [2.45, 2.75) is 32.0 Å². The summed E-state index contributed by atoms with van der Waals surface area (Å²) in [4.78, 5) is 2.15. The molecule has 1 atom stereocenters. The van der Waals surface area contributed by atoms with E-state index in [0.29, 0.717) is 18.2 Å². The van der Waals surface area contributed by atoms with Crippen molar-refractivity contribution in [2.24, 2.45) is 0 Å². The lowest BCUT2D eigenvalue weighted by molar-refractivity contribution is 0.113. The van der Waals surface area contributed by atoms with Crippen LogP contribution in [0.2, 0.25) is 0 Å². The van der Waals surface area contributed by atoms with E-state index in [0.717, 1.165) is 43.1 Å². The van der Waals surface area contributed by atoms with E-state index < -0.39 is 0 Å². The molecule has 0 aliphatic carbocycles. The lowest BCUT2D eigenvalue weighted by Crippen LogP contribution is -2.42. The number of hydrogen-bond acceptors (Lipinski definition) is 4. The molecule has 0 bridgehead atoms. The van der Waals surface area contributed by atoms with E-state index in [9.17, 15) is 0 Å². The van der Waals surface area contributed by atoms with Gasteiger partial charge < -0.3 is 24.4 Å². The first-order chi connectivity index (χ1) is 13.7. The summed E-state index contributed by atoms with van der Waals surface area (Å²) < 4.78 is 16.8. The largest absolute Gasteiger partial charge is 0.493 e. The van der Waals surface area contributed by atoms with E-state index in [2.05, 4.69) is 22.3 Å². The Hall–Kier alpha value is -2.31. The van der Waals surface area contributed by atoms with Crippen LogP contribution in [0.4, 0.5) is 0 Å². The minimum absolute atomic E-state index is 0.239. The van der Waals surface area contributed by atoms with Crippen LogP contribution in [0.3, 0.4) is 0 Å². The summed E-state index contributed by atoms with van der Waals surface area (Å²) in [6.45, 7) is 2.90. The molecule has 1 N–H and O–H groups in total. The zero-order chi connectivity index (χ0) is 19.8. The van der Waals surface area contributed by atoms with Crippen LogP contribution < -0.4 is 14.8 Å². The van der Waals surface area contributed by atoms with Crippen molar-refractivity contribution in [3.8, 4) is 11.5 Å². The number of hydrogen-bond donors (Lipinski definition) is 1. The number of benzene rings is 2. The van der Waals surface area contributed by atoms with Gasteiger partial charge in [-0.15, -0.1) is 0 Å². The number of rotatable bonds is 8. The van der Waals surface area contributed by atoms with Gasteiger partial charge >= 0.3 is 0 Å². The molecular formula is C22H28N2O3S. The van der Waals surface area contributed by atoms with Crippen molar-refractivity contribution < 1.29 is 14.2 Å². The van der Waals surface area contributed by atoms with Gasteiger partial charge in [0.05, 0.1) is 20.3 Å². The molecule has 0 aromatic heterocycles. The Kier molecular flexibility index (Phi) is 7.51. The zero-order valence-corrected chi connectivity index (χ0v) is 17.3. The average molecular weight is 401 g/mol. The predicted molar refractivity (Wildman–Crippen MR) is 115 cm³/mol. The zero-order valence-electron chi connectivity index (χ0n) is 16.5. The number of ether oxygens (including phenoxy) is 3. The molecule has 0 unspecified atom stereocenters. The molecule has 1 fully saturated rings. The Morgan fingerprint density at radius 3 is 2.61 bits per heavy atom. The van der Waals surface area contributed by atoms with Crippen LogP contribution in [0.5, 0.6) is 11.5 Å². The maximum Gasteiger partial charge on any atom is 0.169 e. The molecule has 0 amide bonds. The summed E-state index contributed by atoms with van der Waals surface area (Å²) in [5.41, 5.74) is 2.23. The fourth-order valence-electron chi connectivity index (χ4n) is 3.41. The molecule has 2 aromatic carbocycles. The van der Waals surface area contributed by atoms with E-state index >= 15 is 0 Å². The van der Waals surface area contributed by atoms with Crippen molar-refractivity contribution in [2.75, 3.05) is 27.4 Å². The molecule has 1 saturated heterocycles. The number of nitrogens with one attached hydrogen (secondary N) is 1. The number of para-hydroxylation sites is 1.